The maximum Gasteiger partial charge on any atom is 0.410 e. The standard InChI is InChI=1S/C17H32N2O3S/c1-16(2,3)22-15(20)19-12-8-10-14(13-19)9-7-11-18-23(21)17(4,5)6/h11,14H,7-10,12-13H2,1-6H3/t14-,23?/m0/s1. The van der Waals surface area contributed by atoms with Crippen LogP contribution in [0.4, 0.5) is 4.79 Å². The number of hydrogen-bond donors (Lipinski definition) is 0. The minimum Gasteiger partial charge on any atom is -0.444 e. The summed E-state index contributed by atoms with van der Waals surface area (Å²) in [5.74, 6) is 0.464. The van der Waals surface area contributed by atoms with Gasteiger partial charge in [0, 0.05) is 19.3 Å². The van der Waals surface area contributed by atoms with Crippen molar-refractivity contribution < 1.29 is 13.7 Å². The molecule has 0 radical (unpaired) electrons. The van der Waals surface area contributed by atoms with Gasteiger partial charge in [-0.25, -0.2) is 9.00 Å². The van der Waals surface area contributed by atoms with Crippen LogP contribution < -0.4 is 0 Å². The highest BCUT2D eigenvalue weighted by Gasteiger charge is 2.27. The van der Waals surface area contributed by atoms with Gasteiger partial charge in [-0.2, -0.15) is 4.40 Å². The highest BCUT2D eigenvalue weighted by molar-refractivity contribution is 7.85. The molecule has 0 saturated carbocycles. The van der Waals surface area contributed by atoms with Crippen LogP contribution in [0.15, 0.2) is 4.40 Å². The molecule has 5 nitrogen and oxygen atoms in total. The van der Waals surface area contributed by atoms with Crippen molar-refractivity contribution >= 4 is 23.3 Å². The molecule has 0 aromatic heterocycles. The molecule has 23 heavy (non-hydrogen) atoms. The molecule has 1 aliphatic rings. The molecule has 1 rings (SSSR count). The predicted molar refractivity (Wildman–Crippen MR) is 96.2 cm³/mol. The molecule has 0 aromatic rings. The van der Waals surface area contributed by atoms with E-state index in [1.807, 2.05) is 46.4 Å². The Balaban J connectivity index is 2.40. The fourth-order valence-corrected chi connectivity index (χ4v) is 2.94. The summed E-state index contributed by atoms with van der Waals surface area (Å²) in [6.45, 7) is 12.9. The van der Waals surface area contributed by atoms with E-state index in [0.29, 0.717) is 5.92 Å². The average molecular weight is 345 g/mol. The van der Waals surface area contributed by atoms with E-state index in [1.165, 1.54) is 0 Å². The van der Waals surface area contributed by atoms with Crippen molar-refractivity contribution in [1.82, 2.24) is 4.90 Å². The molecule has 1 unspecified atom stereocenters. The summed E-state index contributed by atoms with van der Waals surface area (Å²) in [6, 6.07) is 0. The van der Waals surface area contributed by atoms with Gasteiger partial charge in [0.25, 0.3) is 0 Å². The maximum absolute atomic E-state index is 12.1. The molecule has 2 atom stereocenters. The summed E-state index contributed by atoms with van der Waals surface area (Å²) in [5.41, 5.74) is -0.451. The van der Waals surface area contributed by atoms with Crippen LogP contribution >= 0.6 is 0 Å². The van der Waals surface area contributed by atoms with Crippen LogP contribution in [0.25, 0.3) is 0 Å². The summed E-state index contributed by atoms with van der Waals surface area (Å²) in [4.78, 5) is 13.9. The van der Waals surface area contributed by atoms with E-state index in [-0.39, 0.29) is 10.8 Å². The highest BCUT2D eigenvalue weighted by Crippen LogP contribution is 2.22. The third kappa shape index (κ3) is 7.95. The second kappa shape index (κ2) is 8.27. The number of likely N-dealkylation sites (tertiary alicyclic amines) is 1. The first-order chi connectivity index (χ1) is 10.5. The number of rotatable bonds is 4. The molecule has 1 amide bonds. The van der Waals surface area contributed by atoms with Crippen LogP contribution in [0.2, 0.25) is 0 Å². The number of nitrogens with zero attached hydrogens (tertiary/aromatic N) is 2. The Morgan fingerprint density at radius 2 is 1.96 bits per heavy atom. The Morgan fingerprint density at radius 1 is 1.30 bits per heavy atom. The molecule has 0 bridgehead atoms. The fourth-order valence-electron chi connectivity index (χ4n) is 2.38. The van der Waals surface area contributed by atoms with Gasteiger partial charge in [0.1, 0.15) is 16.6 Å². The number of amides is 1. The second-order valence-electron chi connectivity index (χ2n) is 8.16. The molecule has 6 heteroatoms. The van der Waals surface area contributed by atoms with Crippen LogP contribution in [0.3, 0.4) is 0 Å². The average Bonchev–Trinajstić information content (AvgIpc) is 2.40. The lowest BCUT2D eigenvalue weighted by atomic mass is 9.94. The smallest absolute Gasteiger partial charge is 0.410 e. The van der Waals surface area contributed by atoms with Gasteiger partial charge >= 0.3 is 6.09 Å². The topological polar surface area (TPSA) is 59.0 Å². The highest BCUT2D eigenvalue weighted by atomic mass is 32.2. The van der Waals surface area contributed by atoms with E-state index in [2.05, 4.69) is 4.40 Å². The van der Waals surface area contributed by atoms with Gasteiger partial charge in [0.15, 0.2) is 0 Å². The van der Waals surface area contributed by atoms with Crippen molar-refractivity contribution in [2.75, 3.05) is 13.1 Å². The Bertz CT molecular complexity index is 450. The molecule has 0 aromatic carbocycles. The van der Waals surface area contributed by atoms with Gasteiger partial charge in [-0.15, -0.1) is 0 Å². The number of carbonyl (C=O) groups is 1. The van der Waals surface area contributed by atoms with E-state index in [9.17, 15) is 9.00 Å². The monoisotopic (exact) mass is 344 g/mol. The molecule has 134 valence electrons. The van der Waals surface area contributed by atoms with Crippen LogP contribution in [0.1, 0.15) is 67.2 Å². The molecule has 1 heterocycles. The Hall–Kier alpha value is -0.910. The largest absolute Gasteiger partial charge is 0.444 e. The van der Waals surface area contributed by atoms with Gasteiger partial charge in [-0.3, -0.25) is 0 Å². The maximum atomic E-state index is 12.1. The van der Waals surface area contributed by atoms with Crippen molar-refractivity contribution in [3.63, 3.8) is 0 Å². The summed E-state index contributed by atoms with van der Waals surface area (Å²) in [5, 5.41) is 0. The lowest BCUT2D eigenvalue weighted by Gasteiger charge is -2.34. The summed E-state index contributed by atoms with van der Waals surface area (Å²) in [7, 11) is -1.18. The van der Waals surface area contributed by atoms with Crippen molar-refractivity contribution in [1.29, 1.82) is 0 Å². The zero-order valence-electron chi connectivity index (χ0n) is 15.4. The van der Waals surface area contributed by atoms with E-state index >= 15 is 0 Å². The van der Waals surface area contributed by atoms with E-state index < -0.39 is 16.6 Å². The summed E-state index contributed by atoms with van der Waals surface area (Å²) in [6.07, 6.45) is 5.45. The van der Waals surface area contributed by atoms with Gasteiger partial charge in [-0.05, 0) is 73.1 Å². The molecule has 1 fully saturated rings. The van der Waals surface area contributed by atoms with Crippen molar-refractivity contribution in [2.45, 2.75) is 77.6 Å². The summed E-state index contributed by atoms with van der Waals surface area (Å²) < 4.78 is 21.1. The van der Waals surface area contributed by atoms with Crippen LogP contribution in [0, 0.1) is 5.92 Å². The first kappa shape index (κ1) is 20.1. The van der Waals surface area contributed by atoms with E-state index in [1.54, 1.807) is 6.21 Å². The quantitative estimate of drug-likeness (QED) is 0.726. The van der Waals surface area contributed by atoms with E-state index in [0.717, 1.165) is 38.8 Å². The predicted octanol–water partition coefficient (Wildman–Crippen LogP) is 3.95. The SMILES string of the molecule is CC(C)(C)OC(=O)N1CCC[C@H](CCC=NS(=O)C(C)(C)C)C1. The number of ether oxygens (including phenoxy) is 1. The van der Waals surface area contributed by atoms with Crippen molar-refractivity contribution in [3.05, 3.63) is 0 Å². The molecular weight excluding hydrogens is 312 g/mol. The minimum atomic E-state index is -1.18. The summed E-state index contributed by atoms with van der Waals surface area (Å²) >= 11 is 0. The number of hydrogen-bond acceptors (Lipinski definition) is 3. The normalized spacial score (nSPS) is 21.5. The first-order valence-corrected chi connectivity index (χ1v) is 9.52. The number of carbonyl (C=O) groups excluding carboxylic acids is 1. The lowest BCUT2D eigenvalue weighted by Crippen LogP contribution is -2.42. The zero-order chi connectivity index (χ0) is 17.7. The Labute approximate surface area is 143 Å². The Kier molecular flexibility index (Phi) is 7.24. The molecule has 0 N–H and O–H groups in total. The fraction of sp³-hybridized carbons (Fsp3) is 0.882. The van der Waals surface area contributed by atoms with Crippen molar-refractivity contribution in [2.24, 2.45) is 10.3 Å². The third-order valence-corrected chi connectivity index (χ3v) is 4.96. The van der Waals surface area contributed by atoms with Gasteiger partial charge in [0.05, 0.1) is 4.75 Å². The molecule has 1 saturated heterocycles. The Morgan fingerprint density at radius 3 is 2.52 bits per heavy atom. The van der Waals surface area contributed by atoms with Crippen LogP contribution in [0.5, 0.6) is 0 Å². The first-order valence-electron chi connectivity index (χ1n) is 8.41. The van der Waals surface area contributed by atoms with Crippen molar-refractivity contribution in [3.8, 4) is 0 Å². The zero-order valence-corrected chi connectivity index (χ0v) is 16.2. The lowest BCUT2D eigenvalue weighted by molar-refractivity contribution is 0.0163. The molecular formula is C17H32N2O3S. The van der Waals surface area contributed by atoms with Gasteiger partial charge < -0.3 is 9.64 Å². The van der Waals surface area contributed by atoms with E-state index in [4.69, 9.17) is 4.74 Å². The second-order valence-corrected chi connectivity index (χ2v) is 10.1. The van der Waals surface area contributed by atoms with Gasteiger partial charge in [-0.1, -0.05) is 0 Å². The third-order valence-electron chi connectivity index (χ3n) is 3.57. The van der Waals surface area contributed by atoms with Crippen LogP contribution in [-0.4, -0.2) is 44.9 Å². The molecule has 0 aliphatic carbocycles. The number of piperidine rings is 1. The molecule has 0 spiro atoms. The minimum absolute atomic E-state index is 0.218. The molecule has 1 aliphatic heterocycles. The van der Waals surface area contributed by atoms with Crippen LogP contribution in [-0.2, 0) is 15.7 Å². The van der Waals surface area contributed by atoms with Gasteiger partial charge in [0.2, 0.25) is 0 Å².